The molecule has 19 heavy (non-hydrogen) atoms. The van der Waals surface area contributed by atoms with Gasteiger partial charge in [-0.3, -0.25) is 0 Å². The lowest BCUT2D eigenvalue weighted by Crippen LogP contribution is -2.13. The summed E-state index contributed by atoms with van der Waals surface area (Å²) in [6.07, 6.45) is 0. The Bertz CT molecular complexity index is 572. The molecule has 0 atom stereocenters. The van der Waals surface area contributed by atoms with Gasteiger partial charge in [0, 0.05) is 5.56 Å². The molecule has 0 amide bonds. The fourth-order valence-electron chi connectivity index (χ4n) is 1.76. The lowest BCUT2D eigenvalue weighted by Gasteiger charge is -2.09. The van der Waals surface area contributed by atoms with E-state index in [2.05, 4.69) is 0 Å². The zero-order valence-corrected chi connectivity index (χ0v) is 11.1. The van der Waals surface area contributed by atoms with Crippen LogP contribution in [0.5, 0.6) is 0 Å². The molecule has 2 N–H and O–H groups in total. The van der Waals surface area contributed by atoms with E-state index in [1.54, 1.807) is 6.07 Å². The number of nitrogens with two attached hydrogens (primary N) is 1. The maximum atomic E-state index is 13.1. The van der Waals surface area contributed by atoms with E-state index in [4.69, 9.17) is 22.7 Å². The van der Waals surface area contributed by atoms with Crippen molar-refractivity contribution in [1.29, 1.82) is 0 Å². The Kier molecular flexibility index (Phi) is 4.60. The van der Waals surface area contributed by atoms with Gasteiger partial charge < -0.3 is 10.5 Å². The molecular formula is C15H14FNOS. The summed E-state index contributed by atoms with van der Waals surface area (Å²) >= 11 is 4.91. The molecule has 0 saturated carbocycles. The van der Waals surface area contributed by atoms with Gasteiger partial charge in [0.25, 0.3) is 0 Å². The van der Waals surface area contributed by atoms with Gasteiger partial charge >= 0.3 is 0 Å². The van der Waals surface area contributed by atoms with Crippen LogP contribution in [0, 0.1) is 5.82 Å². The van der Waals surface area contributed by atoms with Crippen molar-refractivity contribution in [3.05, 3.63) is 71.0 Å². The average Bonchev–Trinajstić information content (AvgIpc) is 2.41. The maximum Gasteiger partial charge on any atom is 0.123 e. The van der Waals surface area contributed by atoms with Crippen LogP contribution in [-0.2, 0) is 18.0 Å². The van der Waals surface area contributed by atoms with Crippen molar-refractivity contribution in [3.63, 3.8) is 0 Å². The highest BCUT2D eigenvalue weighted by Gasteiger charge is 2.07. The van der Waals surface area contributed by atoms with Gasteiger partial charge in [-0.1, -0.05) is 48.6 Å². The van der Waals surface area contributed by atoms with E-state index < -0.39 is 0 Å². The first-order valence-electron chi connectivity index (χ1n) is 5.86. The van der Waals surface area contributed by atoms with Gasteiger partial charge in [0.05, 0.1) is 13.2 Å². The van der Waals surface area contributed by atoms with E-state index in [1.165, 1.54) is 12.1 Å². The predicted octanol–water partition coefficient (Wildman–Crippen LogP) is 3.18. The second kappa shape index (κ2) is 6.41. The number of halogens is 1. The van der Waals surface area contributed by atoms with E-state index >= 15 is 0 Å². The van der Waals surface area contributed by atoms with Gasteiger partial charge in [-0.2, -0.15) is 0 Å². The van der Waals surface area contributed by atoms with Crippen molar-refractivity contribution in [2.45, 2.75) is 13.2 Å². The van der Waals surface area contributed by atoms with Gasteiger partial charge in [-0.25, -0.2) is 4.39 Å². The first-order valence-corrected chi connectivity index (χ1v) is 6.27. The lowest BCUT2D eigenvalue weighted by atomic mass is 10.1. The van der Waals surface area contributed by atoms with Crippen molar-refractivity contribution in [2.24, 2.45) is 5.73 Å². The molecule has 0 spiro atoms. The normalized spacial score (nSPS) is 10.4. The molecule has 0 saturated heterocycles. The number of thiocarbonyl (C=S) groups is 1. The number of benzene rings is 2. The highest BCUT2D eigenvalue weighted by Crippen LogP contribution is 2.13. The Morgan fingerprint density at radius 1 is 1.11 bits per heavy atom. The summed E-state index contributed by atoms with van der Waals surface area (Å²) in [4.78, 5) is 0.179. The Hall–Kier alpha value is -1.78. The standard InChI is InChI=1S/C15H14FNOS/c16-13-7-6-12(14(8-13)15(17)19)10-18-9-11-4-2-1-3-5-11/h1-8H,9-10H2,(H2,17,19). The molecule has 0 aliphatic heterocycles. The molecule has 0 aliphatic carbocycles. The summed E-state index contributed by atoms with van der Waals surface area (Å²) in [5.74, 6) is -0.352. The van der Waals surface area contributed by atoms with Crippen LogP contribution in [0.2, 0.25) is 0 Å². The zero-order chi connectivity index (χ0) is 13.7. The Morgan fingerprint density at radius 3 is 2.53 bits per heavy atom. The van der Waals surface area contributed by atoms with Gasteiger partial charge in [-0.15, -0.1) is 0 Å². The highest BCUT2D eigenvalue weighted by molar-refractivity contribution is 7.80. The summed E-state index contributed by atoms with van der Waals surface area (Å²) in [7, 11) is 0. The second-order valence-corrected chi connectivity index (χ2v) is 4.58. The average molecular weight is 275 g/mol. The third-order valence-corrected chi connectivity index (χ3v) is 2.93. The minimum atomic E-state index is -0.352. The fourth-order valence-corrected chi connectivity index (χ4v) is 1.95. The van der Waals surface area contributed by atoms with Crippen LogP contribution in [-0.4, -0.2) is 4.99 Å². The second-order valence-electron chi connectivity index (χ2n) is 4.14. The number of hydrogen-bond acceptors (Lipinski definition) is 2. The lowest BCUT2D eigenvalue weighted by molar-refractivity contribution is 0.107. The summed E-state index contributed by atoms with van der Waals surface area (Å²) < 4.78 is 18.7. The van der Waals surface area contributed by atoms with Crippen LogP contribution in [0.15, 0.2) is 48.5 Å². The molecule has 0 heterocycles. The van der Waals surface area contributed by atoms with Gasteiger partial charge in [0.15, 0.2) is 0 Å². The molecule has 2 aromatic rings. The van der Waals surface area contributed by atoms with Crippen LogP contribution in [0.4, 0.5) is 4.39 Å². The number of rotatable bonds is 5. The van der Waals surface area contributed by atoms with Crippen LogP contribution in [0.25, 0.3) is 0 Å². The molecule has 0 unspecified atom stereocenters. The summed E-state index contributed by atoms with van der Waals surface area (Å²) in [6, 6.07) is 14.2. The third kappa shape index (κ3) is 3.84. The first-order chi connectivity index (χ1) is 9.16. The summed E-state index contributed by atoms with van der Waals surface area (Å²) in [5, 5.41) is 0. The minimum Gasteiger partial charge on any atom is -0.389 e. The van der Waals surface area contributed by atoms with Crippen molar-refractivity contribution in [1.82, 2.24) is 0 Å². The largest absolute Gasteiger partial charge is 0.389 e. The smallest absolute Gasteiger partial charge is 0.123 e. The SMILES string of the molecule is NC(=S)c1cc(F)ccc1COCc1ccccc1. The van der Waals surface area contributed by atoms with Crippen molar-refractivity contribution in [2.75, 3.05) is 0 Å². The van der Waals surface area contributed by atoms with Gasteiger partial charge in [0.1, 0.15) is 10.8 Å². The first kappa shape index (κ1) is 13.6. The van der Waals surface area contributed by atoms with E-state index in [0.717, 1.165) is 11.1 Å². The Morgan fingerprint density at radius 2 is 1.84 bits per heavy atom. The molecule has 0 fully saturated rings. The van der Waals surface area contributed by atoms with Crippen molar-refractivity contribution >= 4 is 17.2 Å². The molecule has 0 aliphatic rings. The number of ether oxygens (including phenoxy) is 1. The summed E-state index contributed by atoms with van der Waals surface area (Å²) in [6.45, 7) is 0.844. The minimum absolute atomic E-state index is 0.179. The monoisotopic (exact) mass is 275 g/mol. The van der Waals surface area contributed by atoms with Crippen LogP contribution in [0.1, 0.15) is 16.7 Å². The molecule has 0 bridgehead atoms. The molecular weight excluding hydrogens is 261 g/mol. The Balaban J connectivity index is 2.02. The third-order valence-electron chi connectivity index (χ3n) is 2.71. The van der Waals surface area contributed by atoms with E-state index in [9.17, 15) is 4.39 Å². The Labute approximate surface area is 117 Å². The molecule has 4 heteroatoms. The van der Waals surface area contributed by atoms with Crippen LogP contribution >= 0.6 is 12.2 Å². The highest BCUT2D eigenvalue weighted by atomic mass is 32.1. The molecule has 98 valence electrons. The summed E-state index contributed by atoms with van der Waals surface area (Å²) in [5.41, 5.74) is 7.99. The number of hydrogen-bond donors (Lipinski definition) is 1. The molecule has 2 aromatic carbocycles. The molecule has 0 aromatic heterocycles. The quantitative estimate of drug-likeness (QED) is 0.851. The van der Waals surface area contributed by atoms with E-state index in [0.29, 0.717) is 18.8 Å². The fraction of sp³-hybridized carbons (Fsp3) is 0.133. The van der Waals surface area contributed by atoms with Crippen LogP contribution < -0.4 is 5.73 Å². The van der Waals surface area contributed by atoms with Crippen molar-refractivity contribution < 1.29 is 9.13 Å². The topological polar surface area (TPSA) is 35.2 Å². The molecule has 0 radical (unpaired) electrons. The van der Waals surface area contributed by atoms with E-state index in [1.807, 2.05) is 30.3 Å². The molecule has 2 nitrogen and oxygen atoms in total. The maximum absolute atomic E-state index is 13.1. The zero-order valence-electron chi connectivity index (χ0n) is 10.3. The van der Waals surface area contributed by atoms with Gasteiger partial charge in [-0.05, 0) is 23.3 Å². The molecule has 2 rings (SSSR count). The van der Waals surface area contributed by atoms with E-state index in [-0.39, 0.29) is 10.8 Å². The predicted molar refractivity (Wildman–Crippen MR) is 77.2 cm³/mol. The van der Waals surface area contributed by atoms with Crippen molar-refractivity contribution in [3.8, 4) is 0 Å². The van der Waals surface area contributed by atoms with Crippen LogP contribution in [0.3, 0.4) is 0 Å². The van der Waals surface area contributed by atoms with Gasteiger partial charge in [0.2, 0.25) is 0 Å².